The van der Waals surface area contributed by atoms with Gasteiger partial charge in [0.05, 0.1) is 6.04 Å². The molecule has 0 spiro atoms. The number of nitrogen functional groups attached to an aromatic ring is 1. The van der Waals surface area contributed by atoms with Crippen molar-refractivity contribution < 1.29 is 0 Å². The first-order valence-corrected chi connectivity index (χ1v) is 6.82. The van der Waals surface area contributed by atoms with Gasteiger partial charge in [0.1, 0.15) is 0 Å². The van der Waals surface area contributed by atoms with E-state index in [4.69, 9.17) is 11.5 Å². The molecule has 19 heavy (non-hydrogen) atoms. The molecule has 100 valence electrons. The van der Waals surface area contributed by atoms with E-state index < -0.39 is 0 Å². The van der Waals surface area contributed by atoms with Gasteiger partial charge < -0.3 is 11.5 Å². The van der Waals surface area contributed by atoms with Gasteiger partial charge in [-0.05, 0) is 41.2 Å². The number of anilines is 1. The molecule has 0 aromatic heterocycles. The van der Waals surface area contributed by atoms with Crippen molar-refractivity contribution in [2.45, 2.75) is 32.2 Å². The molecule has 0 aliphatic rings. The Bertz CT molecular complexity index is 531. The van der Waals surface area contributed by atoms with Crippen molar-refractivity contribution in [2.24, 2.45) is 5.73 Å². The fourth-order valence-electron chi connectivity index (χ4n) is 2.21. The van der Waals surface area contributed by atoms with Crippen molar-refractivity contribution >= 4 is 5.69 Å². The average Bonchev–Trinajstić information content (AvgIpc) is 2.46. The Labute approximate surface area is 115 Å². The van der Waals surface area contributed by atoms with E-state index in [0.717, 1.165) is 23.2 Å². The lowest BCUT2D eigenvalue weighted by Gasteiger charge is -2.15. The summed E-state index contributed by atoms with van der Waals surface area (Å²) in [6.07, 6.45) is 1.15. The number of rotatable bonds is 4. The molecule has 2 aromatic rings. The van der Waals surface area contributed by atoms with Gasteiger partial charge in [-0.2, -0.15) is 0 Å². The lowest BCUT2D eigenvalue weighted by Crippen LogP contribution is -2.12. The van der Waals surface area contributed by atoms with Crippen LogP contribution in [0.2, 0.25) is 0 Å². The lowest BCUT2D eigenvalue weighted by molar-refractivity contribution is 0.732. The van der Waals surface area contributed by atoms with Crippen molar-refractivity contribution in [3.63, 3.8) is 0 Å². The van der Waals surface area contributed by atoms with Crippen molar-refractivity contribution in [2.75, 3.05) is 5.73 Å². The van der Waals surface area contributed by atoms with E-state index in [2.05, 4.69) is 38.1 Å². The quantitative estimate of drug-likeness (QED) is 0.815. The minimum absolute atomic E-state index is 0.116. The van der Waals surface area contributed by atoms with E-state index in [1.165, 1.54) is 5.56 Å². The fraction of sp³-hybridized carbons (Fsp3) is 0.294. The third kappa shape index (κ3) is 3.15. The van der Waals surface area contributed by atoms with Gasteiger partial charge in [0.15, 0.2) is 0 Å². The largest absolute Gasteiger partial charge is 0.399 e. The smallest absolute Gasteiger partial charge is 0.0552 e. The second-order valence-corrected chi connectivity index (χ2v) is 5.12. The highest BCUT2D eigenvalue weighted by atomic mass is 14.6. The van der Waals surface area contributed by atoms with E-state index >= 15 is 0 Å². The summed E-state index contributed by atoms with van der Waals surface area (Å²) in [5.41, 5.74) is 16.4. The van der Waals surface area contributed by atoms with Gasteiger partial charge in [-0.1, -0.05) is 50.2 Å². The van der Waals surface area contributed by atoms with Crippen LogP contribution >= 0.6 is 0 Å². The molecule has 0 amide bonds. The first-order chi connectivity index (χ1) is 9.11. The van der Waals surface area contributed by atoms with Crippen LogP contribution in [0.3, 0.4) is 0 Å². The van der Waals surface area contributed by atoms with E-state index in [9.17, 15) is 0 Å². The summed E-state index contributed by atoms with van der Waals surface area (Å²) in [5.74, 6) is 0.595. The van der Waals surface area contributed by atoms with E-state index in [1.54, 1.807) is 0 Å². The molecule has 0 aliphatic heterocycles. The third-order valence-electron chi connectivity index (χ3n) is 3.75. The highest BCUT2D eigenvalue weighted by molar-refractivity contribution is 5.44. The number of nitrogens with two attached hydrogens (primary N) is 2. The molecule has 4 N–H and O–H groups in total. The molecule has 2 nitrogen and oxygen atoms in total. The standard InChI is InChI=1S/C17H22N2/c1-3-12(2)13-7-9-14(10-8-13)17(19)15-5-4-6-16(18)11-15/h4-12,17H,3,18-19H2,1-2H3. The SMILES string of the molecule is CCC(C)c1ccc(C(N)c2cccc(N)c2)cc1. The maximum atomic E-state index is 6.29. The van der Waals surface area contributed by atoms with Gasteiger partial charge in [0.2, 0.25) is 0 Å². The molecule has 0 aliphatic carbocycles. The maximum absolute atomic E-state index is 6.29. The van der Waals surface area contributed by atoms with Crippen molar-refractivity contribution in [1.29, 1.82) is 0 Å². The summed E-state index contributed by atoms with van der Waals surface area (Å²) in [6, 6.07) is 16.3. The maximum Gasteiger partial charge on any atom is 0.0552 e. The van der Waals surface area contributed by atoms with Crippen LogP contribution < -0.4 is 11.5 Å². The van der Waals surface area contributed by atoms with Gasteiger partial charge in [-0.15, -0.1) is 0 Å². The molecule has 2 rings (SSSR count). The van der Waals surface area contributed by atoms with Crippen molar-refractivity contribution in [3.8, 4) is 0 Å². The molecular formula is C17H22N2. The van der Waals surface area contributed by atoms with Crippen molar-refractivity contribution in [3.05, 3.63) is 65.2 Å². The topological polar surface area (TPSA) is 52.0 Å². The Hall–Kier alpha value is -1.80. The van der Waals surface area contributed by atoms with Gasteiger partial charge >= 0.3 is 0 Å². The summed E-state index contributed by atoms with van der Waals surface area (Å²) in [4.78, 5) is 0. The zero-order chi connectivity index (χ0) is 13.8. The Morgan fingerprint density at radius 2 is 1.58 bits per heavy atom. The number of hydrogen-bond donors (Lipinski definition) is 2. The van der Waals surface area contributed by atoms with Gasteiger partial charge in [0.25, 0.3) is 0 Å². The molecule has 0 heterocycles. The van der Waals surface area contributed by atoms with Crippen LogP contribution in [0.4, 0.5) is 5.69 Å². The molecule has 0 radical (unpaired) electrons. The molecule has 0 saturated carbocycles. The highest BCUT2D eigenvalue weighted by Crippen LogP contribution is 2.24. The second kappa shape index (κ2) is 5.89. The molecule has 2 heteroatoms. The van der Waals surface area contributed by atoms with Crippen LogP contribution in [0.5, 0.6) is 0 Å². The normalized spacial score (nSPS) is 14.1. The van der Waals surface area contributed by atoms with Crippen LogP contribution in [0.1, 0.15) is 48.9 Å². The highest BCUT2D eigenvalue weighted by Gasteiger charge is 2.10. The molecule has 2 unspecified atom stereocenters. The Morgan fingerprint density at radius 3 is 2.16 bits per heavy atom. The van der Waals surface area contributed by atoms with Crippen LogP contribution in [-0.4, -0.2) is 0 Å². The predicted octanol–water partition coefficient (Wildman–Crippen LogP) is 3.83. The zero-order valence-electron chi connectivity index (χ0n) is 11.6. The van der Waals surface area contributed by atoms with E-state index in [-0.39, 0.29) is 6.04 Å². The second-order valence-electron chi connectivity index (χ2n) is 5.12. The van der Waals surface area contributed by atoms with Crippen LogP contribution in [0, 0.1) is 0 Å². The Balaban J connectivity index is 2.22. The average molecular weight is 254 g/mol. The minimum atomic E-state index is -0.116. The predicted molar refractivity (Wildman–Crippen MR) is 82.0 cm³/mol. The first kappa shape index (κ1) is 13.6. The summed E-state index contributed by atoms with van der Waals surface area (Å²) in [5, 5.41) is 0. The summed E-state index contributed by atoms with van der Waals surface area (Å²) >= 11 is 0. The zero-order valence-corrected chi connectivity index (χ0v) is 11.6. The summed E-state index contributed by atoms with van der Waals surface area (Å²) in [6.45, 7) is 4.45. The molecule has 0 fully saturated rings. The minimum Gasteiger partial charge on any atom is -0.399 e. The lowest BCUT2D eigenvalue weighted by atomic mass is 9.94. The Morgan fingerprint density at radius 1 is 0.947 bits per heavy atom. The molecule has 0 bridgehead atoms. The van der Waals surface area contributed by atoms with Crippen LogP contribution in [-0.2, 0) is 0 Å². The molecule has 2 aromatic carbocycles. The van der Waals surface area contributed by atoms with E-state index in [1.807, 2.05) is 24.3 Å². The number of hydrogen-bond acceptors (Lipinski definition) is 2. The number of benzene rings is 2. The van der Waals surface area contributed by atoms with Gasteiger partial charge in [-0.3, -0.25) is 0 Å². The van der Waals surface area contributed by atoms with Crippen LogP contribution in [0.25, 0.3) is 0 Å². The molecule has 0 saturated heterocycles. The van der Waals surface area contributed by atoms with Gasteiger partial charge in [0, 0.05) is 5.69 Å². The fourth-order valence-corrected chi connectivity index (χ4v) is 2.21. The van der Waals surface area contributed by atoms with Crippen LogP contribution in [0.15, 0.2) is 48.5 Å². The summed E-state index contributed by atoms with van der Waals surface area (Å²) in [7, 11) is 0. The Kier molecular flexibility index (Phi) is 4.23. The third-order valence-corrected chi connectivity index (χ3v) is 3.75. The summed E-state index contributed by atoms with van der Waals surface area (Å²) < 4.78 is 0. The molecular weight excluding hydrogens is 232 g/mol. The first-order valence-electron chi connectivity index (χ1n) is 6.82. The monoisotopic (exact) mass is 254 g/mol. The van der Waals surface area contributed by atoms with Crippen molar-refractivity contribution in [1.82, 2.24) is 0 Å². The van der Waals surface area contributed by atoms with Gasteiger partial charge in [-0.25, -0.2) is 0 Å². The molecule has 2 atom stereocenters. The van der Waals surface area contributed by atoms with E-state index in [0.29, 0.717) is 5.92 Å².